The molecule has 0 radical (unpaired) electrons. The summed E-state index contributed by atoms with van der Waals surface area (Å²) in [5, 5.41) is 3.37. The summed E-state index contributed by atoms with van der Waals surface area (Å²) in [5.74, 6) is 0.875. The Bertz CT molecular complexity index is 207. The highest BCUT2D eigenvalue weighted by molar-refractivity contribution is 5.85. The molecule has 5 heteroatoms. The first-order valence-corrected chi connectivity index (χ1v) is 6.34. The molecule has 0 atom stereocenters. The van der Waals surface area contributed by atoms with Crippen LogP contribution in [0.25, 0.3) is 0 Å². The maximum Gasteiger partial charge on any atom is 0.248 e. The molecule has 0 unspecified atom stereocenters. The Morgan fingerprint density at radius 1 is 1.35 bits per heavy atom. The molecule has 0 bridgehead atoms. The molecule has 1 heterocycles. The minimum absolute atomic E-state index is 0. The fraction of sp³-hybridized carbons (Fsp3) is 0.917. The van der Waals surface area contributed by atoms with Gasteiger partial charge >= 0.3 is 0 Å². The number of carbonyl (C=O) groups is 1. The van der Waals surface area contributed by atoms with Gasteiger partial charge < -0.3 is 15.0 Å². The summed E-state index contributed by atoms with van der Waals surface area (Å²) in [4.78, 5) is 13.6. The lowest BCUT2D eigenvalue weighted by molar-refractivity contribution is -0.137. The molecule has 0 aromatic rings. The number of nitrogens with one attached hydrogen (secondary N) is 1. The zero-order valence-electron chi connectivity index (χ0n) is 10.9. The van der Waals surface area contributed by atoms with Crippen LogP contribution in [0, 0.1) is 5.92 Å². The third-order valence-electron chi connectivity index (χ3n) is 3.08. The van der Waals surface area contributed by atoms with Crippen molar-refractivity contribution in [2.24, 2.45) is 5.92 Å². The summed E-state index contributed by atoms with van der Waals surface area (Å²) < 4.78 is 5.14. The number of nitrogens with zero attached hydrogens (tertiary/aromatic N) is 1. The molecule has 0 spiro atoms. The van der Waals surface area contributed by atoms with Gasteiger partial charge in [0.1, 0.15) is 6.61 Å². The van der Waals surface area contributed by atoms with E-state index in [2.05, 4.69) is 12.2 Å². The normalized spacial score (nSPS) is 16.7. The Balaban J connectivity index is 0.00000256. The molecule has 0 aromatic carbocycles. The molecule has 1 saturated heterocycles. The van der Waals surface area contributed by atoms with E-state index in [1.54, 1.807) is 0 Å². The summed E-state index contributed by atoms with van der Waals surface area (Å²) in [5.41, 5.74) is 0. The number of hydrogen-bond acceptors (Lipinski definition) is 3. The van der Waals surface area contributed by atoms with E-state index in [1.807, 2.05) is 11.8 Å². The highest BCUT2D eigenvalue weighted by Gasteiger charge is 2.22. The Hall–Kier alpha value is -0.320. The average Bonchev–Trinajstić information content (AvgIpc) is 2.34. The number of piperidine rings is 1. The second kappa shape index (κ2) is 9.68. The van der Waals surface area contributed by atoms with E-state index in [-0.39, 0.29) is 24.9 Å². The number of hydrogen-bond donors (Lipinski definition) is 1. The first-order valence-electron chi connectivity index (χ1n) is 6.34. The number of carbonyl (C=O) groups excluding carboxylic acids is 1. The molecule has 1 amide bonds. The van der Waals surface area contributed by atoms with Crippen LogP contribution in [0.4, 0.5) is 0 Å². The van der Waals surface area contributed by atoms with Crippen molar-refractivity contribution in [3.63, 3.8) is 0 Å². The predicted molar refractivity (Wildman–Crippen MR) is 71.6 cm³/mol. The number of halogens is 1. The fourth-order valence-corrected chi connectivity index (χ4v) is 2.02. The van der Waals surface area contributed by atoms with Gasteiger partial charge in [0.2, 0.25) is 5.91 Å². The molecule has 0 aliphatic carbocycles. The molecular weight excluding hydrogens is 240 g/mol. The Morgan fingerprint density at radius 2 is 2.00 bits per heavy atom. The van der Waals surface area contributed by atoms with E-state index < -0.39 is 0 Å². The summed E-state index contributed by atoms with van der Waals surface area (Å²) in [6, 6.07) is 0. The van der Waals surface area contributed by atoms with Gasteiger partial charge in [-0.25, -0.2) is 0 Å². The maximum absolute atomic E-state index is 11.7. The third kappa shape index (κ3) is 6.24. The van der Waals surface area contributed by atoms with Gasteiger partial charge in [-0.3, -0.25) is 4.79 Å². The van der Waals surface area contributed by atoms with E-state index in [4.69, 9.17) is 4.74 Å². The van der Waals surface area contributed by atoms with Gasteiger partial charge in [-0.1, -0.05) is 6.92 Å². The first kappa shape index (κ1) is 16.7. The minimum atomic E-state index is 0. The van der Waals surface area contributed by atoms with Crippen molar-refractivity contribution in [1.82, 2.24) is 10.2 Å². The Morgan fingerprint density at radius 3 is 2.53 bits per heavy atom. The van der Waals surface area contributed by atoms with Gasteiger partial charge in [0, 0.05) is 19.7 Å². The van der Waals surface area contributed by atoms with Gasteiger partial charge in [0.15, 0.2) is 0 Å². The van der Waals surface area contributed by atoms with E-state index in [0.29, 0.717) is 6.61 Å². The lowest BCUT2D eigenvalue weighted by atomic mass is 9.97. The molecular formula is C12H25ClN2O2. The number of rotatable bonds is 6. The molecule has 1 N–H and O–H groups in total. The van der Waals surface area contributed by atoms with Crippen LogP contribution in [-0.2, 0) is 9.53 Å². The van der Waals surface area contributed by atoms with Crippen LogP contribution in [0.3, 0.4) is 0 Å². The summed E-state index contributed by atoms with van der Waals surface area (Å²) >= 11 is 0. The van der Waals surface area contributed by atoms with Crippen LogP contribution in [-0.4, -0.2) is 50.2 Å². The van der Waals surface area contributed by atoms with Gasteiger partial charge in [0.25, 0.3) is 0 Å². The second-order valence-electron chi connectivity index (χ2n) is 4.27. The first-order chi connectivity index (χ1) is 7.77. The summed E-state index contributed by atoms with van der Waals surface area (Å²) in [7, 11) is 0. The third-order valence-corrected chi connectivity index (χ3v) is 3.08. The van der Waals surface area contributed by atoms with Gasteiger partial charge in [-0.05, 0) is 38.8 Å². The molecule has 1 rings (SSSR count). The largest absolute Gasteiger partial charge is 0.372 e. The van der Waals surface area contributed by atoms with Gasteiger partial charge in [0.05, 0.1) is 0 Å². The van der Waals surface area contributed by atoms with Crippen LogP contribution in [0.5, 0.6) is 0 Å². The van der Waals surface area contributed by atoms with Crippen molar-refractivity contribution in [2.45, 2.75) is 26.7 Å². The van der Waals surface area contributed by atoms with E-state index in [9.17, 15) is 4.79 Å². The van der Waals surface area contributed by atoms with Crippen LogP contribution in [0.2, 0.25) is 0 Å². The van der Waals surface area contributed by atoms with Crippen molar-refractivity contribution >= 4 is 18.3 Å². The van der Waals surface area contributed by atoms with Gasteiger partial charge in [-0.15, -0.1) is 12.4 Å². The Kier molecular flexibility index (Phi) is 9.50. The summed E-state index contributed by atoms with van der Waals surface area (Å²) in [6.45, 7) is 8.80. The standard InChI is InChI=1S/C12H24N2O2.ClH/c1-3-13-9-11-5-7-14(8-6-11)12(15)10-16-4-2;/h11,13H,3-10H2,1-2H3;1H. The second-order valence-corrected chi connectivity index (χ2v) is 4.27. The van der Waals surface area contributed by atoms with Crippen molar-refractivity contribution in [2.75, 3.05) is 39.4 Å². The molecule has 102 valence electrons. The van der Waals surface area contributed by atoms with Crippen LogP contribution < -0.4 is 5.32 Å². The molecule has 1 aliphatic rings. The quantitative estimate of drug-likeness (QED) is 0.786. The van der Waals surface area contributed by atoms with Crippen LogP contribution >= 0.6 is 12.4 Å². The average molecular weight is 265 g/mol. The highest BCUT2D eigenvalue weighted by Crippen LogP contribution is 2.16. The summed E-state index contributed by atoms with van der Waals surface area (Å²) in [6.07, 6.45) is 2.23. The van der Waals surface area contributed by atoms with Crippen molar-refractivity contribution in [1.29, 1.82) is 0 Å². The topological polar surface area (TPSA) is 41.6 Å². The number of amides is 1. The zero-order valence-corrected chi connectivity index (χ0v) is 11.7. The molecule has 0 aromatic heterocycles. The highest BCUT2D eigenvalue weighted by atomic mass is 35.5. The number of ether oxygens (including phenoxy) is 1. The van der Waals surface area contributed by atoms with E-state index in [0.717, 1.165) is 44.9 Å². The fourth-order valence-electron chi connectivity index (χ4n) is 2.02. The van der Waals surface area contributed by atoms with E-state index in [1.165, 1.54) is 0 Å². The van der Waals surface area contributed by atoms with Crippen molar-refractivity contribution in [3.8, 4) is 0 Å². The predicted octanol–water partition coefficient (Wildman–Crippen LogP) is 1.29. The molecule has 1 fully saturated rings. The lowest BCUT2D eigenvalue weighted by Gasteiger charge is -2.32. The number of likely N-dealkylation sites (tertiary alicyclic amines) is 1. The maximum atomic E-state index is 11.7. The molecule has 17 heavy (non-hydrogen) atoms. The van der Waals surface area contributed by atoms with Crippen molar-refractivity contribution < 1.29 is 9.53 Å². The smallest absolute Gasteiger partial charge is 0.248 e. The van der Waals surface area contributed by atoms with Crippen LogP contribution in [0.1, 0.15) is 26.7 Å². The van der Waals surface area contributed by atoms with Crippen LogP contribution in [0.15, 0.2) is 0 Å². The van der Waals surface area contributed by atoms with E-state index >= 15 is 0 Å². The van der Waals surface area contributed by atoms with Crippen molar-refractivity contribution in [3.05, 3.63) is 0 Å². The Labute approximate surface area is 110 Å². The lowest BCUT2D eigenvalue weighted by Crippen LogP contribution is -2.42. The molecule has 4 nitrogen and oxygen atoms in total. The molecule has 0 saturated carbocycles. The zero-order chi connectivity index (χ0) is 11.8. The minimum Gasteiger partial charge on any atom is -0.372 e. The van der Waals surface area contributed by atoms with Gasteiger partial charge in [-0.2, -0.15) is 0 Å². The molecule has 1 aliphatic heterocycles. The SMILES string of the molecule is CCNCC1CCN(C(=O)COCC)CC1.Cl. The monoisotopic (exact) mass is 264 g/mol.